The van der Waals surface area contributed by atoms with E-state index >= 15 is 0 Å². The first-order chi connectivity index (χ1) is 6.77. The summed E-state index contributed by atoms with van der Waals surface area (Å²) in [5.41, 5.74) is 9.50. The fourth-order valence-electron chi connectivity index (χ4n) is 2.22. The van der Waals surface area contributed by atoms with Crippen molar-refractivity contribution in [2.45, 2.75) is 25.7 Å². The van der Waals surface area contributed by atoms with Gasteiger partial charge in [-0.15, -0.1) is 0 Å². The molecule has 0 amide bonds. The van der Waals surface area contributed by atoms with Crippen LogP contribution in [0.15, 0.2) is 18.2 Å². The summed E-state index contributed by atoms with van der Waals surface area (Å²) in [4.78, 5) is 0. The van der Waals surface area contributed by atoms with Crippen molar-refractivity contribution in [3.05, 3.63) is 29.3 Å². The lowest BCUT2D eigenvalue weighted by atomic mass is 9.88. The SMILES string of the molecule is Cc1ccc(N)cc1[C@H]1CCCNC1. The van der Waals surface area contributed by atoms with Gasteiger partial charge in [0.05, 0.1) is 0 Å². The first-order valence-electron chi connectivity index (χ1n) is 5.34. The number of nitrogen functional groups attached to an aromatic ring is 1. The Hall–Kier alpha value is -1.02. The first kappa shape index (κ1) is 9.53. The van der Waals surface area contributed by atoms with Gasteiger partial charge >= 0.3 is 0 Å². The van der Waals surface area contributed by atoms with Crippen molar-refractivity contribution in [1.82, 2.24) is 5.32 Å². The molecular formula is C12H18N2. The molecule has 0 aromatic heterocycles. The monoisotopic (exact) mass is 190 g/mol. The summed E-state index contributed by atoms with van der Waals surface area (Å²) in [6.07, 6.45) is 2.57. The van der Waals surface area contributed by atoms with Gasteiger partial charge in [-0.1, -0.05) is 6.07 Å². The molecule has 2 heteroatoms. The highest BCUT2D eigenvalue weighted by Gasteiger charge is 2.16. The van der Waals surface area contributed by atoms with E-state index in [0.717, 1.165) is 18.8 Å². The molecule has 0 unspecified atom stereocenters. The Bertz CT molecular complexity index is 314. The zero-order valence-corrected chi connectivity index (χ0v) is 8.72. The van der Waals surface area contributed by atoms with E-state index in [9.17, 15) is 0 Å². The van der Waals surface area contributed by atoms with Crippen LogP contribution in [-0.2, 0) is 0 Å². The van der Waals surface area contributed by atoms with Crippen molar-refractivity contribution in [3.8, 4) is 0 Å². The van der Waals surface area contributed by atoms with Crippen molar-refractivity contribution >= 4 is 5.69 Å². The largest absolute Gasteiger partial charge is 0.399 e. The van der Waals surface area contributed by atoms with E-state index in [1.54, 1.807) is 0 Å². The van der Waals surface area contributed by atoms with Gasteiger partial charge in [0.1, 0.15) is 0 Å². The van der Waals surface area contributed by atoms with E-state index < -0.39 is 0 Å². The van der Waals surface area contributed by atoms with Crippen LogP contribution in [0.5, 0.6) is 0 Å². The van der Waals surface area contributed by atoms with Crippen LogP contribution in [0, 0.1) is 6.92 Å². The highest BCUT2D eigenvalue weighted by atomic mass is 14.9. The number of piperidine rings is 1. The highest BCUT2D eigenvalue weighted by Crippen LogP contribution is 2.27. The minimum absolute atomic E-state index is 0.659. The molecule has 1 saturated heterocycles. The maximum absolute atomic E-state index is 5.81. The molecule has 2 nitrogen and oxygen atoms in total. The summed E-state index contributed by atoms with van der Waals surface area (Å²) in [7, 11) is 0. The highest BCUT2D eigenvalue weighted by molar-refractivity contribution is 5.45. The van der Waals surface area contributed by atoms with Crippen molar-refractivity contribution < 1.29 is 0 Å². The molecule has 2 rings (SSSR count). The molecule has 76 valence electrons. The normalized spacial score (nSPS) is 22.2. The molecule has 1 heterocycles. The van der Waals surface area contributed by atoms with Crippen molar-refractivity contribution in [1.29, 1.82) is 0 Å². The maximum atomic E-state index is 5.81. The fourth-order valence-corrected chi connectivity index (χ4v) is 2.22. The second-order valence-corrected chi connectivity index (χ2v) is 4.16. The number of hydrogen-bond acceptors (Lipinski definition) is 2. The molecule has 0 radical (unpaired) electrons. The van der Waals surface area contributed by atoms with E-state index in [0.29, 0.717) is 5.92 Å². The molecule has 1 aromatic rings. The Morgan fingerprint density at radius 2 is 2.29 bits per heavy atom. The van der Waals surface area contributed by atoms with Gasteiger partial charge in [0.15, 0.2) is 0 Å². The van der Waals surface area contributed by atoms with Gasteiger partial charge in [-0.3, -0.25) is 0 Å². The second-order valence-electron chi connectivity index (χ2n) is 4.16. The third-order valence-corrected chi connectivity index (χ3v) is 3.04. The Balaban J connectivity index is 2.24. The summed E-state index contributed by atoms with van der Waals surface area (Å²) in [6.45, 7) is 4.44. The van der Waals surface area contributed by atoms with Crippen LogP contribution >= 0.6 is 0 Å². The molecule has 3 N–H and O–H groups in total. The Labute approximate surface area is 85.5 Å². The molecule has 1 atom stereocenters. The molecule has 0 spiro atoms. The Morgan fingerprint density at radius 1 is 1.43 bits per heavy atom. The van der Waals surface area contributed by atoms with Crippen LogP contribution in [0.2, 0.25) is 0 Å². The standard InChI is InChI=1S/C12H18N2/c1-9-4-5-11(13)7-12(9)10-3-2-6-14-8-10/h4-5,7,10,14H,2-3,6,8,13H2,1H3/t10-/m0/s1. The van der Waals surface area contributed by atoms with Gasteiger partial charge < -0.3 is 11.1 Å². The van der Waals surface area contributed by atoms with E-state index in [-0.39, 0.29) is 0 Å². The lowest BCUT2D eigenvalue weighted by Crippen LogP contribution is -2.28. The minimum atomic E-state index is 0.659. The number of nitrogens with one attached hydrogen (secondary N) is 1. The zero-order valence-electron chi connectivity index (χ0n) is 8.72. The molecule has 0 saturated carbocycles. The fraction of sp³-hybridized carbons (Fsp3) is 0.500. The van der Waals surface area contributed by atoms with Crippen LogP contribution in [0.4, 0.5) is 5.69 Å². The molecule has 0 aliphatic carbocycles. The van der Waals surface area contributed by atoms with E-state index in [4.69, 9.17) is 5.73 Å². The van der Waals surface area contributed by atoms with Gasteiger partial charge in [-0.05, 0) is 55.5 Å². The van der Waals surface area contributed by atoms with Crippen molar-refractivity contribution in [2.75, 3.05) is 18.8 Å². The quantitative estimate of drug-likeness (QED) is 0.665. The second kappa shape index (κ2) is 4.01. The molecule has 1 aliphatic heterocycles. The van der Waals surface area contributed by atoms with Crippen molar-refractivity contribution in [3.63, 3.8) is 0 Å². The summed E-state index contributed by atoms with van der Waals surface area (Å²) >= 11 is 0. The van der Waals surface area contributed by atoms with Crippen LogP contribution in [0.1, 0.15) is 29.9 Å². The third-order valence-electron chi connectivity index (χ3n) is 3.04. The lowest BCUT2D eigenvalue weighted by molar-refractivity contribution is 0.460. The number of rotatable bonds is 1. The summed E-state index contributed by atoms with van der Waals surface area (Å²) in [5, 5.41) is 3.44. The van der Waals surface area contributed by atoms with Crippen LogP contribution in [0.25, 0.3) is 0 Å². The number of hydrogen-bond donors (Lipinski definition) is 2. The maximum Gasteiger partial charge on any atom is 0.0317 e. The van der Waals surface area contributed by atoms with E-state index in [2.05, 4.69) is 24.4 Å². The average molecular weight is 190 g/mol. The molecular weight excluding hydrogens is 172 g/mol. The number of anilines is 1. The molecule has 1 aromatic carbocycles. The average Bonchev–Trinajstić information content (AvgIpc) is 2.23. The summed E-state index contributed by atoms with van der Waals surface area (Å²) in [5.74, 6) is 0.659. The molecule has 14 heavy (non-hydrogen) atoms. The van der Waals surface area contributed by atoms with E-state index in [1.165, 1.54) is 24.0 Å². The molecule has 1 aliphatic rings. The first-order valence-corrected chi connectivity index (χ1v) is 5.34. The molecule has 1 fully saturated rings. The van der Waals surface area contributed by atoms with Gasteiger partial charge in [0.25, 0.3) is 0 Å². The summed E-state index contributed by atoms with van der Waals surface area (Å²) in [6, 6.07) is 6.24. The third kappa shape index (κ3) is 1.90. The number of benzene rings is 1. The Morgan fingerprint density at radius 3 is 3.00 bits per heavy atom. The number of aryl methyl sites for hydroxylation is 1. The van der Waals surface area contributed by atoms with Gasteiger partial charge in [-0.2, -0.15) is 0 Å². The van der Waals surface area contributed by atoms with Crippen molar-refractivity contribution in [2.24, 2.45) is 0 Å². The van der Waals surface area contributed by atoms with Crippen LogP contribution < -0.4 is 11.1 Å². The molecule has 0 bridgehead atoms. The number of nitrogens with two attached hydrogens (primary N) is 1. The predicted octanol–water partition coefficient (Wildman–Crippen LogP) is 2.04. The van der Waals surface area contributed by atoms with Gasteiger partial charge in [-0.25, -0.2) is 0 Å². The van der Waals surface area contributed by atoms with Gasteiger partial charge in [0, 0.05) is 12.2 Å². The van der Waals surface area contributed by atoms with E-state index in [1.807, 2.05) is 6.07 Å². The predicted molar refractivity (Wildman–Crippen MR) is 60.4 cm³/mol. The van der Waals surface area contributed by atoms with Gasteiger partial charge in [0.2, 0.25) is 0 Å². The topological polar surface area (TPSA) is 38.0 Å². The smallest absolute Gasteiger partial charge is 0.0317 e. The van der Waals surface area contributed by atoms with Crippen LogP contribution in [0.3, 0.4) is 0 Å². The summed E-state index contributed by atoms with van der Waals surface area (Å²) < 4.78 is 0. The lowest BCUT2D eigenvalue weighted by Gasteiger charge is -2.24. The van der Waals surface area contributed by atoms with Crippen LogP contribution in [-0.4, -0.2) is 13.1 Å². The zero-order chi connectivity index (χ0) is 9.97. The minimum Gasteiger partial charge on any atom is -0.399 e. The Kier molecular flexibility index (Phi) is 2.73.